The number of benzene rings is 8. The quantitative estimate of drug-likeness (QED) is 0.201. The summed E-state index contributed by atoms with van der Waals surface area (Å²) in [5.41, 5.74) is 12.0. The van der Waals surface area contributed by atoms with Gasteiger partial charge in [0, 0.05) is 10.9 Å². The largest absolute Gasteiger partial charge is 0.456 e. The van der Waals surface area contributed by atoms with Crippen molar-refractivity contribution in [2.75, 3.05) is 0 Å². The van der Waals surface area contributed by atoms with Crippen molar-refractivity contribution in [2.45, 2.75) is 5.41 Å². The molecule has 0 aromatic heterocycles. The number of para-hydroxylation sites is 1. The number of ether oxygens (including phenoxy) is 1. The molecule has 0 saturated carbocycles. The van der Waals surface area contributed by atoms with Gasteiger partial charge in [-0.05, 0) is 84.4 Å². The lowest BCUT2D eigenvalue weighted by Gasteiger charge is -2.35. The molecule has 0 bridgehead atoms. The first-order chi connectivity index (χ1) is 22.8. The first-order valence-corrected chi connectivity index (χ1v) is 15.9. The lowest BCUT2D eigenvalue weighted by Crippen LogP contribution is -2.29. The third-order valence-corrected chi connectivity index (χ3v) is 10.1. The highest BCUT2D eigenvalue weighted by atomic mass is 16.5. The molecule has 1 aliphatic heterocycles. The zero-order chi connectivity index (χ0) is 30.2. The normalized spacial score (nSPS) is 15.7. The molecule has 0 N–H and O–H groups in total. The Morgan fingerprint density at radius 3 is 1.91 bits per heavy atom. The van der Waals surface area contributed by atoms with Crippen molar-refractivity contribution in [1.82, 2.24) is 0 Å². The maximum absolute atomic E-state index is 6.65. The molecule has 1 nitrogen and oxygen atoms in total. The van der Waals surface area contributed by atoms with Crippen LogP contribution < -0.4 is 4.74 Å². The number of hydrogen-bond donors (Lipinski definition) is 0. The maximum atomic E-state index is 6.65. The second-order valence-corrected chi connectivity index (χ2v) is 12.4. The summed E-state index contributed by atoms with van der Waals surface area (Å²) in [6, 6.07) is 62.1. The Morgan fingerprint density at radius 2 is 1.04 bits per heavy atom. The van der Waals surface area contributed by atoms with Crippen LogP contribution in [0, 0.1) is 0 Å². The van der Waals surface area contributed by atoms with Crippen molar-refractivity contribution in [2.24, 2.45) is 0 Å². The van der Waals surface area contributed by atoms with Gasteiger partial charge in [-0.2, -0.15) is 0 Å². The molecule has 1 atom stereocenters. The summed E-state index contributed by atoms with van der Waals surface area (Å²) < 4.78 is 6.65. The summed E-state index contributed by atoms with van der Waals surface area (Å²) in [6.45, 7) is 0. The molecule has 1 heterocycles. The molecular weight excluding hydrogens is 556 g/mol. The lowest BCUT2D eigenvalue weighted by molar-refractivity contribution is 0.487. The van der Waals surface area contributed by atoms with E-state index in [1.807, 2.05) is 6.07 Å². The summed E-state index contributed by atoms with van der Waals surface area (Å²) in [7, 11) is 0. The summed E-state index contributed by atoms with van der Waals surface area (Å²) in [4.78, 5) is 0. The van der Waals surface area contributed by atoms with Crippen molar-refractivity contribution >= 4 is 21.5 Å². The molecule has 1 aliphatic carbocycles. The Balaban J connectivity index is 1.31. The number of fused-ring (bicyclic) bond motifs is 7. The van der Waals surface area contributed by atoms with E-state index in [1.54, 1.807) is 0 Å². The van der Waals surface area contributed by atoms with Crippen LogP contribution in [0.3, 0.4) is 0 Å². The van der Waals surface area contributed by atoms with E-state index in [4.69, 9.17) is 4.74 Å². The van der Waals surface area contributed by atoms with Crippen LogP contribution in [0.1, 0.15) is 22.3 Å². The van der Waals surface area contributed by atoms with Gasteiger partial charge in [-0.1, -0.05) is 152 Å². The SMILES string of the molecule is c1ccc(C2(c3ccccc3-c3cc4c5c(cccc5c3)-c3ccccc3O4)c3ccccc3-c3c2ccc2ccccc32)cc1. The topological polar surface area (TPSA) is 9.23 Å². The summed E-state index contributed by atoms with van der Waals surface area (Å²) >= 11 is 0. The average Bonchev–Trinajstić information content (AvgIpc) is 3.43. The molecule has 214 valence electrons. The van der Waals surface area contributed by atoms with Gasteiger partial charge >= 0.3 is 0 Å². The van der Waals surface area contributed by atoms with Crippen LogP contribution in [0.2, 0.25) is 0 Å². The molecule has 1 heteroatoms. The van der Waals surface area contributed by atoms with Gasteiger partial charge in [0.05, 0.1) is 5.41 Å². The van der Waals surface area contributed by atoms with Crippen molar-refractivity contribution in [3.8, 4) is 44.9 Å². The smallest absolute Gasteiger partial charge is 0.136 e. The Morgan fingerprint density at radius 1 is 0.391 bits per heavy atom. The predicted octanol–water partition coefficient (Wildman–Crippen LogP) is 11.8. The minimum atomic E-state index is -0.519. The molecule has 46 heavy (non-hydrogen) atoms. The van der Waals surface area contributed by atoms with E-state index in [2.05, 4.69) is 164 Å². The second-order valence-electron chi connectivity index (χ2n) is 12.4. The Kier molecular flexibility index (Phi) is 5.27. The minimum absolute atomic E-state index is 0.519. The minimum Gasteiger partial charge on any atom is -0.456 e. The lowest BCUT2D eigenvalue weighted by atomic mass is 9.65. The standard InChI is InChI=1S/C45H28O/c1-2-15-32(16-3-1)45(39-23-10-7-20-37(39)44-34-18-5-4-13-29(34)25-26-40(44)45)38-22-9-6-17-33(38)31-27-30-14-12-21-36-35-19-8-11-24-41(35)46-42(28-31)43(30)36/h1-28H. The summed E-state index contributed by atoms with van der Waals surface area (Å²) in [5, 5.41) is 4.90. The summed E-state index contributed by atoms with van der Waals surface area (Å²) in [6.07, 6.45) is 0. The first-order valence-electron chi connectivity index (χ1n) is 15.9. The van der Waals surface area contributed by atoms with Gasteiger partial charge in [-0.15, -0.1) is 0 Å². The first kappa shape index (κ1) is 25.4. The molecule has 0 spiro atoms. The van der Waals surface area contributed by atoms with Crippen LogP contribution >= 0.6 is 0 Å². The molecule has 8 aromatic carbocycles. The van der Waals surface area contributed by atoms with E-state index < -0.39 is 5.41 Å². The highest BCUT2D eigenvalue weighted by molar-refractivity contribution is 6.07. The van der Waals surface area contributed by atoms with Crippen molar-refractivity contribution < 1.29 is 4.74 Å². The van der Waals surface area contributed by atoms with Gasteiger partial charge in [0.25, 0.3) is 0 Å². The molecule has 0 saturated heterocycles. The van der Waals surface area contributed by atoms with Crippen LogP contribution in [0.15, 0.2) is 170 Å². The van der Waals surface area contributed by atoms with Crippen LogP contribution in [0.4, 0.5) is 0 Å². The summed E-state index contributed by atoms with van der Waals surface area (Å²) in [5.74, 6) is 1.81. The van der Waals surface area contributed by atoms with Crippen LogP contribution in [0.25, 0.3) is 54.9 Å². The monoisotopic (exact) mass is 584 g/mol. The molecule has 0 radical (unpaired) electrons. The third kappa shape index (κ3) is 3.35. The fraction of sp³-hybridized carbons (Fsp3) is 0.0222. The van der Waals surface area contributed by atoms with E-state index in [-0.39, 0.29) is 0 Å². The van der Waals surface area contributed by atoms with Gasteiger partial charge in [-0.3, -0.25) is 0 Å². The number of rotatable bonds is 3. The van der Waals surface area contributed by atoms with Gasteiger partial charge in [-0.25, -0.2) is 0 Å². The van der Waals surface area contributed by atoms with Crippen molar-refractivity contribution in [3.63, 3.8) is 0 Å². The van der Waals surface area contributed by atoms with Crippen LogP contribution in [-0.4, -0.2) is 0 Å². The van der Waals surface area contributed by atoms with E-state index in [0.717, 1.165) is 22.6 Å². The van der Waals surface area contributed by atoms with E-state index >= 15 is 0 Å². The Labute approximate surface area is 268 Å². The molecule has 1 unspecified atom stereocenters. The van der Waals surface area contributed by atoms with Gasteiger partial charge in [0.15, 0.2) is 0 Å². The van der Waals surface area contributed by atoms with Crippen LogP contribution in [-0.2, 0) is 5.41 Å². The predicted molar refractivity (Wildman–Crippen MR) is 190 cm³/mol. The molecule has 0 fully saturated rings. The fourth-order valence-electron chi connectivity index (χ4n) is 8.30. The highest BCUT2D eigenvalue weighted by Crippen LogP contribution is 2.59. The van der Waals surface area contributed by atoms with Crippen molar-refractivity contribution in [1.29, 1.82) is 0 Å². The second kappa shape index (κ2) is 9.54. The Hall–Kier alpha value is -5.92. The molecule has 8 aromatic rings. The maximum Gasteiger partial charge on any atom is 0.136 e. The third-order valence-electron chi connectivity index (χ3n) is 10.1. The van der Waals surface area contributed by atoms with Crippen LogP contribution in [0.5, 0.6) is 11.5 Å². The van der Waals surface area contributed by atoms with Crippen molar-refractivity contribution in [3.05, 3.63) is 192 Å². The van der Waals surface area contributed by atoms with Gasteiger partial charge < -0.3 is 4.74 Å². The molecule has 10 rings (SSSR count). The Bertz CT molecular complexity index is 2510. The zero-order valence-electron chi connectivity index (χ0n) is 25.1. The van der Waals surface area contributed by atoms with E-state index in [9.17, 15) is 0 Å². The van der Waals surface area contributed by atoms with E-state index in [1.165, 1.54) is 66.1 Å². The highest BCUT2D eigenvalue weighted by Gasteiger charge is 2.47. The zero-order valence-corrected chi connectivity index (χ0v) is 25.1. The van der Waals surface area contributed by atoms with Gasteiger partial charge in [0.2, 0.25) is 0 Å². The average molecular weight is 585 g/mol. The molecular formula is C45H28O. The molecule has 0 amide bonds. The van der Waals surface area contributed by atoms with E-state index in [0.29, 0.717) is 0 Å². The fourth-order valence-corrected chi connectivity index (χ4v) is 8.30. The van der Waals surface area contributed by atoms with Gasteiger partial charge in [0.1, 0.15) is 11.5 Å². The number of hydrogen-bond acceptors (Lipinski definition) is 1. The molecule has 2 aliphatic rings.